The minimum Gasteiger partial charge on any atom is -0.478 e. The third-order valence-corrected chi connectivity index (χ3v) is 2.85. The lowest BCUT2D eigenvalue weighted by Crippen LogP contribution is -2.35. The van der Waals surface area contributed by atoms with Crippen molar-refractivity contribution in [2.75, 3.05) is 6.61 Å². The number of carboxylic acids is 1. The van der Waals surface area contributed by atoms with Gasteiger partial charge >= 0.3 is 5.97 Å². The van der Waals surface area contributed by atoms with Crippen LogP contribution >= 0.6 is 0 Å². The minimum absolute atomic E-state index is 0.0217. The molecule has 0 saturated heterocycles. The van der Waals surface area contributed by atoms with E-state index in [-0.39, 0.29) is 23.6 Å². The quantitative estimate of drug-likeness (QED) is 0.738. The first kappa shape index (κ1) is 15.7. The van der Waals surface area contributed by atoms with Gasteiger partial charge in [0.25, 0.3) is 0 Å². The number of benzene rings is 1. The van der Waals surface area contributed by atoms with Crippen LogP contribution in [0.4, 0.5) is 0 Å². The van der Waals surface area contributed by atoms with Crippen molar-refractivity contribution in [3.8, 4) is 0 Å². The number of hydrogen-bond acceptors (Lipinski definition) is 3. The molecule has 0 spiro atoms. The Bertz CT molecular complexity index is 424. The second-order valence-electron chi connectivity index (χ2n) is 6.03. The number of aliphatic hydroxyl groups excluding tert-OH is 1. The number of carbonyl (C=O) groups is 1. The Kier molecular flexibility index (Phi) is 5.51. The van der Waals surface area contributed by atoms with Crippen LogP contribution in [-0.4, -0.2) is 28.8 Å². The SMILES string of the molecule is CC(C)(C)CC(CO)NCc1cccc(C(=O)O)c1. The highest BCUT2D eigenvalue weighted by molar-refractivity contribution is 5.87. The van der Waals surface area contributed by atoms with Crippen molar-refractivity contribution >= 4 is 5.97 Å². The van der Waals surface area contributed by atoms with Gasteiger partial charge in [-0.25, -0.2) is 4.79 Å². The maximum atomic E-state index is 10.9. The zero-order chi connectivity index (χ0) is 14.5. The lowest BCUT2D eigenvalue weighted by Gasteiger charge is -2.25. The van der Waals surface area contributed by atoms with Crippen molar-refractivity contribution in [3.63, 3.8) is 0 Å². The van der Waals surface area contributed by atoms with Gasteiger partial charge in [0, 0.05) is 12.6 Å². The standard InChI is InChI=1S/C15H23NO3/c1-15(2,3)8-13(10-17)16-9-11-5-4-6-12(7-11)14(18)19/h4-7,13,16-17H,8-10H2,1-3H3,(H,18,19). The fraction of sp³-hybridized carbons (Fsp3) is 0.533. The summed E-state index contributed by atoms with van der Waals surface area (Å²) >= 11 is 0. The highest BCUT2D eigenvalue weighted by atomic mass is 16.4. The van der Waals surface area contributed by atoms with Crippen molar-refractivity contribution < 1.29 is 15.0 Å². The van der Waals surface area contributed by atoms with Gasteiger partial charge in [-0.05, 0) is 29.5 Å². The first-order chi connectivity index (χ1) is 8.81. The summed E-state index contributed by atoms with van der Waals surface area (Å²) in [6.45, 7) is 7.02. The van der Waals surface area contributed by atoms with Crippen molar-refractivity contribution in [1.29, 1.82) is 0 Å². The second kappa shape index (κ2) is 6.68. The highest BCUT2D eigenvalue weighted by Gasteiger charge is 2.17. The molecule has 0 saturated carbocycles. The summed E-state index contributed by atoms with van der Waals surface area (Å²) in [6.07, 6.45) is 0.863. The molecule has 0 heterocycles. The molecule has 0 aliphatic carbocycles. The summed E-state index contributed by atoms with van der Waals surface area (Å²) in [7, 11) is 0. The molecule has 106 valence electrons. The zero-order valence-corrected chi connectivity index (χ0v) is 11.8. The van der Waals surface area contributed by atoms with Crippen molar-refractivity contribution in [1.82, 2.24) is 5.32 Å². The normalized spacial score (nSPS) is 13.3. The van der Waals surface area contributed by atoms with Crippen LogP contribution in [0.25, 0.3) is 0 Å². The molecule has 0 aliphatic heterocycles. The maximum absolute atomic E-state index is 10.9. The van der Waals surface area contributed by atoms with E-state index in [0.717, 1.165) is 12.0 Å². The first-order valence-electron chi connectivity index (χ1n) is 6.48. The van der Waals surface area contributed by atoms with E-state index in [1.165, 1.54) is 0 Å². The predicted octanol–water partition coefficient (Wildman–Crippen LogP) is 2.27. The van der Waals surface area contributed by atoms with Gasteiger partial charge in [-0.2, -0.15) is 0 Å². The molecule has 4 nitrogen and oxygen atoms in total. The van der Waals surface area contributed by atoms with Gasteiger partial charge in [-0.15, -0.1) is 0 Å². The number of hydrogen-bond donors (Lipinski definition) is 3. The number of rotatable bonds is 6. The van der Waals surface area contributed by atoms with E-state index < -0.39 is 5.97 Å². The molecule has 0 bridgehead atoms. The third-order valence-electron chi connectivity index (χ3n) is 2.85. The summed E-state index contributed by atoms with van der Waals surface area (Å²) in [5.74, 6) is -0.921. The molecular formula is C15H23NO3. The van der Waals surface area contributed by atoms with Crippen molar-refractivity contribution in [2.24, 2.45) is 5.41 Å². The summed E-state index contributed by atoms with van der Waals surface area (Å²) in [5, 5.41) is 21.5. The van der Waals surface area contributed by atoms with E-state index in [4.69, 9.17) is 5.11 Å². The Morgan fingerprint density at radius 3 is 2.58 bits per heavy atom. The smallest absolute Gasteiger partial charge is 0.335 e. The molecule has 0 radical (unpaired) electrons. The molecular weight excluding hydrogens is 242 g/mol. The maximum Gasteiger partial charge on any atom is 0.335 e. The third kappa shape index (κ3) is 5.85. The molecule has 1 unspecified atom stereocenters. The van der Waals surface area contributed by atoms with Crippen LogP contribution < -0.4 is 5.32 Å². The van der Waals surface area contributed by atoms with Crippen molar-refractivity contribution in [3.05, 3.63) is 35.4 Å². The van der Waals surface area contributed by atoms with Crippen LogP contribution in [0.1, 0.15) is 43.1 Å². The minimum atomic E-state index is -0.921. The molecule has 1 aromatic rings. The van der Waals surface area contributed by atoms with Gasteiger partial charge in [0.2, 0.25) is 0 Å². The lowest BCUT2D eigenvalue weighted by atomic mass is 9.88. The molecule has 3 N–H and O–H groups in total. The van der Waals surface area contributed by atoms with Crippen LogP contribution in [0, 0.1) is 5.41 Å². The van der Waals surface area contributed by atoms with E-state index in [9.17, 15) is 9.90 Å². The fourth-order valence-electron chi connectivity index (χ4n) is 2.02. The number of aliphatic hydroxyl groups is 1. The Hall–Kier alpha value is -1.39. The summed E-state index contributed by atoms with van der Waals surface area (Å²) in [6, 6.07) is 6.86. The molecule has 0 amide bonds. The molecule has 0 aliphatic rings. The van der Waals surface area contributed by atoms with Gasteiger partial charge in [0.05, 0.1) is 12.2 Å². The van der Waals surface area contributed by atoms with Crippen LogP contribution in [0.3, 0.4) is 0 Å². The average Bonchev–Trinajstić information content (AvgIpc) is 2.33. The Morgan fingerprint density at radius 2 is 2.05 bits per heavy atom. The second-order valence-corrected chi connectivity index (χ2v) is 6.03. The van der Waals surface area contributed by atoms with E-state index in [1.54, 1.807) is 18.2 Å². The first-order valence-corrected chi connectivity index (χ1v) is 6.48. The van der Waals surface area contributed by atoms with Gasteiger partial charge in [0.1, 0.15) is 0 Å². The van der Waals surface area contributed by atoms with E-state index >= 15 is 0 Å². The largest absolute Gasteiger partial charge is 0.478 e. The van der Waals surface area contributed by atoms with Crippen LogP contribution in [-0.2, 0) is 6.54 Å². The highest BCUT2D eigenvalue weighted by Crippen LogP contribution is 2.20. The summed E-state index contributed by atoms with van der Waals surface area (Å²) < 4.78 is 0. The number of nitrogens with one attached hydrogen (secondary N) is 1. The number of carboxylic acid groups (broad SMARTS) is 1. The summed E-state index contributed by atoms with van der Waals surface area (Å²) in [5.41, 5.74) is 1.34. The van der Waals surface area contributed by atoms with Gasteiger partial charge in [0.15, 0.2) is 0 Å². The number of aromatic carboxylic acids is 1. The molecule has 1 atom stereocenters. The molecule has 0 aromatic heterocycles. The molecule has 4 heteroatoms. The van der Waals surface area contributed by atoms with Gasteiger partial charge < -0.3 is 15.5 Å². The average molecular weight is 265 g/mol. The van der Waals surface area contributed by atoms with Crippen LogP contribution in [0.2, 0.25) is 0 Å². The van der Waals surface area contributed by atoms with Crippen LogP contribution in [0.15, 0.2) is 24.3 Å². The van der Waals surface area contributed by atoms with E-state index in [2.05, 4.69) is 26.1 Å². The summed E-state index contributed by atoms with van der Waals surface area (Å²) in [4.78, 5) is 10.9. The van der Waals surface area contributed by atoms with E-state index in [1.807, 2.05) is 6.07 Å². The monoisotopic (exact) mass is 265 g/mol. The molecule has 1 aromatic carbocycles. The van der Waals surface area contributed by atoms with Gasteiger partial charge in [-0.1, -0.05) is 32.9 Å². The topological polar surface area (TPSA) is 69.6 Å². The zero-order valence-electron chi connectivity index (χ0n) is 11.8. The lowest BCUT2D eigenvalue weighted by molar-refractivity contribution is 0.0696. The Balaban J connectivity index is 2.60. The Morgan fingerprint density at radius 1 is 1.37 bits per heavy atom. The van der Waals surface area contributed by atoms with Crippen molar-refractivity contribution in [2.45, 2.75) is 39.8 Å². The molecule has 19 heavy (non-hydrogen) atoms. The molecule has 1 rings (SSSR count). The van der Waals surface area contributed by atoms with Gasteiger partial charge in [-0.3, -0.25) is 0 Å². The fourth-order valence-corrected chi connectivity index (χ4v) is 2.02. The molecule has 0 fully saturated rings. The predicted molar refractivity (Wildman–Crippen MR) is 75.2 cm³/mol. The Labute approximate surface area is 114 Å². The van der Waals surface area contributed by atoms with Crippen LogP contribution in [0.5, 0.6) is 0 Å². The van der Waals surface area contributed by atoms with E-state index in [0.29, 0.717) is 6.54 Å².